The normalized spacial score (nSPS) is 18.2. The zero-order valence-electron chi connectivity index (χ0n) is 61.7. The number of nitrogens with two attached hydrogens (primary N) is 1. The molecule has 3 aliphatic heterocycles. The first-order chi connectivity index (χ1) is 48.0. The fraction of sp³-hybridized carbons (Fsp3) is 0.518. The van der Waals surface area contributed by atoms with E-state index in [1.807, 2.05) is 120 Å². The van der Waals surface area contributed by atoms with Crippen LogP contribution in [0.5, 0.6) is 0 Å². The third-order valence-electron chi connectivity index (χ3n) is 19.8. The van der Waals surface area contributed by atoms with Crippen LogP contribution in [0.15, 0.2) is 127 Å². The Morgan fingerprint density at radius 1 is 0.505 bits per heavy atom. The molecular formula is C83H113Cl3N6O9. The molecule has 3 unspecified atom stereocenters. The molecule has 9 rings (SSSR count). The lowest BCUT2D eigenvalue weighted by atomic mass is 9.72. The highest BCUT2D eigenvalue weighted by atomic mass is 35.5. The summed E-state index contributed by atoms with van der Waals surface area (Å²) in [5.74, 6) is -0.436. The molecule has 6 aromatic carbocycles. The third-order valence-corrected chi connectivity index (χ3v) is 20.7. The molecular weight excluding hydrogens is 1330 g/mol. The molecule has 3 heterocycles. The molecule has 8 N–H and O–H groups in total. The maximum absolute atomic E-state index is 12.9. The van der Waals surface area contributed by atoms with E-state index in [4.69, 9.17) is 50.0 Å². The van der Waals surface area contributed by atoms with E-state index in [0.717, 1.165) is 121 Å². The summed E-state index contributed by atoms with van der Waals surface area (Å²) in [6.45, 7) is 25.8. The number of carbonyl (C=O) groups is 4. The van der Waals surface area contributed by atoms with Crippen LogP contribution in [0.25, 0.3) is 33.4 Å². The Balaban J connectivity index is 0.000000214. The summed E-state index contributed by atoms with van der Waals surface area (Å²) in [6, 6.07) is 42.2. The van der Waals surface area contributed by atoms with E-state index < -0.39 is 28.0 Å². The smallest absolute Gasteiger partial charge is 0.410 e. The number of rotatable bonds is 23. The molecule has 0 saturated carbocycles. The lowest BCUT2D eigenvalue weighted by Crippen LogP contribution is -2.49. The molecule has 3 aliphatic rings. The van der Waals surface area contributed by atoms with Crippen molar-refractivity contribution < 1.29 is 44.0 Å². The number of halogens is 3. The number of ether oxygens (including phenoxy) is 2. The van der Waals surface area contributed by atoms with Crippen molar-refractivity contribution in [2.45, 2.75) is 200 Å². The minimum atomic E-state index is -1.26. The van der Waals surface area contributed by atoms with E-state index in [1.54, 1.807) is 9.80 Å². The lowest BCUT2D eigenvalue weighted by Gasteiger charge is -2.44. The fourth-order valence-electron chi connectivity index (χ4n) is 14.6. The van der Waals surface area contributed by atoms with Gasteiger partial charge in [0.05, 0.1) is 16.8 Å². The fourth-order valence-corrected chi connectivity index (χ4v) is 15.5. The van der Waals surface area contributed by atoms with Gasteiger partial charge in [0.1, 0.15) is 11.2 Å². The lowest BCUT2D eigenvalue weighted by molar-refractivity contribution is -0.119. The standard InChI is InChI=1S/C30H41ClN2O4.C28H39ClN2O3.C25H33ClN2O2/c1-6-22-11-7-12-23(19-22)27-25(14-8-15-26(27)31)30(36,16-10-17-32-21(2)34)24-13-9-18-33(20-24)28(35)37-29(3,4)5;1-5-20-10-6-11-21(18-20)25-23(13-7-14-24(25)29)28(33,15-9-16-30)22-12-8-17-31(19-22)26(32)34-27(2,3)4;1-3-19-8-4-9-20(16-19)24-22(11-5-12-23(24)26)25(30,13-7-15-28-18(2)29)21-10-6-14-27-17-21/h7-8,11-12,14-15,19,24,36H,6,9-10,13,16-18,20H2,1-5H3,(H,32,34);6-7,10-11,13-14,18,22,33H,5,8-9,12,15-17,19,30H2,1-4H3;4-5,8-9,11-12,16,21,27,30H,3,6-7,10,13-15,17H2,1-2H3,(H,28,29)/t24-,30?;22-,28?;21-,25?/m111/s1. The van der Waals surface area contributed by atoms with Crippen LogP contribution >= 0.6 is 34.8 Å². The van der Waals surface area contributed by atoms with Gasteiger partial charge < -0.3 is 56.3 Å². The molecule has 4 amide bonds. The number of benzene rings is 6. The van der Waals surface area contributed by atoms with Crippen molar-refractivity contribution in [1.82, 2.24) is 25.8 Å². The molecule has 0 radical (unpaired) electrons. The molecule has 101 heavy (non-hydrogen) atoms. The van der Waals surface area contributed by atoms with Crippen LogP contribution in [0.4, 0.5) is 9.59 Å². The summed E-state index contributed by atoms with van der Waals surface area (Å²) in [4.78, 5) is 51.9. The zero-order chi connectivity index (χ0) is 73.7. The Kier molecular flexibility index (Phi) is 30.6. The van der Waals surface area contributed by atoms with E-state index >= 15 is 0 Å². The number of aliphatic hydroxyl groups is 3. The Labute approximate surface area is 617 Å². The Morgan fingerprint density at radius 3 is 1.16 bits per heavy atom. The van der Waals surface area contributed by atoms with E-state index in [-0.39, 0.29) is 41.8 Å². The van der Waals surface area contributed by atoms with Crippen molar-refractivity contribution >= 4 is 58.8 Å². The van der Waals surface area contributed by atoms with Crippen molar-refractivity contribution in [3.63, 3.8) is 0 Å². The molecule has 6 aromatic rings. The average Bonchev–Trinajstić information content (AvgIpc) is 0.772. The second-order valence-electron chi connectivity index (χ2n) is 29.6. The van der Waals surface area contributed by atoms with Crippen LogP contribution in [0.3, 0.4) is 0 Å². The predicted octanol–water partition coefficient (Wildman–Crippen LogP) is 17.1. The van der Waals surface area contributed by atoms with Gasteiger partial charge in [0, 0.05) is 109 Å². The van der Waals surface area contributed by atoms with Crippen molar-refractivity contribution in [2.24, 2.45) is 23.5 Å². The second kappa shape index (κ2) is 37.8. The highest BCUT2D eigenvalue weighted by Gasteiger charge is 2.46. The van der Waals surface area contributed by atoms with Gasteiger partial charge in [0.25, 0.3) is 0 Å². The SMILES string of the molecule is CCc1cccc(-c2c(Cl)cccc2C(O)(CCCN)[C@@H]2CCCN(C(=O)OC(C)(C)C)C2)c1.CCc1cccc(-c2c(Cl)cccc2C(O)(CCCNC(C)=O)[C@@H]2CCCN(C(=O)OC(C)(C)C)C2)c1.CCc1cccc(-c2c(Cl)cccc2C(O)(CCCNC(C)=O)[C@@H]2CCCNC2)c1. The van der Waals surface area contributed by atoms with Gasteiger partial charge in [-0.15, -0.1) is 0 Å². The number of amides is 4. The summed E-state index contributed by atoms with van der Waals surface area (Å²) in [5.41, 5.74) is 12.9. The van der Waals surface area contributed by atoms with Gasteiger partial charge >= 0.3 is 12.2 Å². The van der Waals surface area contributed by atoms with Gasteiger partial charge in [-0.3, -0.25) is 9.59 Å². The van der Waals surface area contributed by atoms with E-state index in [1.165, 1.54) is 30.5 Å². The first-order valence-electron chi connectivity index (χ1n) is 36.7. The molecule has 15 nitrogen and oxygen atoms in total. The minimum absolute atomic E-state index is 0.0438. The Hall–Kier alpha value is -6.53. The Morgan fingerprint density at radius 2 is 0.842 bits per heavy atom. The molecule has 0 bridgehead atoms. The average molecular weight is 1450 g/mol. The van der Waals surface area contributed by atoms with Crippen LogP contribution in [-0.2, 0) is 55.1 Å². The van der Waals surface area contributed by atoms with Crippen molar-refractivity contribution in [3.05, 3.63) is 176 Å². The Bertz CT molecular complexity index is 3700. The molecule has 6 atom stereocenters. The summed E-state index contributed by atoms with van der Waals surface area (Å²) in [6.07, 6.45) is 10.6. The number of likely N-dealkylation sites (tertiary alicyclic amines) is 2. The third kappa shape index (κ3) is 22.5. The van der Waals surface area contributed by atoms with Gasteiger partial charge in [-0.2, -0.15) is 0 Å². The first-order valence-corrected chi connectivity index (χ1v) is 37.8. The van der Waals surface area contributed by atoms with E-state index in [0.29, 0.717) is 99.4 Å². The number of nitrogens with zero attached hydrogens (tertiary/aromatic N) is 2. The maximum atomic E-state index is 12.9. The number of hydrogen-bond acceptors (Lipinski definition) is 11. The van der Waals surface area contributed by atoms with E-state index in [2.05, 4.69) is 85.3 Å². The maximum Gasteiger partial charge on any atom is 0.410 e. The van der Waals surface area contributed by atoms with Crippen LogP contribution in [0.1, 0.15) is 187 Å². The topological polar surface area (TPSA) is 216 Å². The quantitative estimate of drug-likeness (QED) is 0.0300. The first kappa shape index (κ1) is 81.8. The molecule has 0 aliphatic carbocycles. The monoisotopic (exact) mass is 1440 g/mol. The molecule has 18 heteroatoms. The largest absolute Gasteiger partial charge is 0.444 e. The van der Waals surface area contributed by atoms with Gasteiger partial charge in [0.15, 0.2) is 0 Å². The number of carbonyl (C=O) groups excluding carboxylic acids is 4. The summed E-state index contributed by atoms with van der Waals surface area (Å²) < 4.78 is 11.3. The highest BCUT2D eigenvalue weighted by molar-refractivity contribution is 6.34. The van der Waals surface area contributed by atoms with Crippen LogP contribution in [-0.4, -0.2) is 119 Å². The number of piperidine rings is 3. The summed E-state index contributed by atoms with van der Waals surface area (Å²) in [5, 5.41) is 48.1. The van der Waals surface area contributed by atoms with Crippen LogP contribution < -0.4 is 21.7 Å². The van der Waals surface area contributed by atoms with Crippen molar-refractivity contribution in [1.29, 1.82) is 0 Å². The molecule has 3 saturated heterocycles. The van der Waals surface area contributed by atoms with Crippen LogP contribution in [0.2, 0.25) is 15.1 Å². The summed E-state index contributed by atoms with van der Waals surface area (Å²) in [7, 11) is 0. The highest BCUT2D eigenvalue weighted by Crippen LogP contribution is 2.49. The second-order valence-corrected chi connectivity index (χ2v) is 30.8. The number of nitrogens with one attached hydrogen (secondary N) is 3. The zero-order valence-corrected chi connectivity index (χ0v) is 64.0. The number of aryl methyl sites for hydroxylation is 3. The van der Waals surface area contributed by atoms with Gasteiger partial charge in [0.2, 0.25) is 11.8 Å². The van der Waals surface area contributed by atoms with Gasteiger partial charge in [-0.05, 0) is 219 Å². The van der Waals surface area contributed by atoms with E-state index in [9.17, 15) is 34.5 Å². The number of hydrogen-bond donors (Lipinski definition) is 7. The molecule has 550 valence electrons. The van der Waals surface area contributed by atoms with Crippen molar-refractivity contribution in [2.75, 3.05) is 58.9 Å². The van der Waals surface area contributed by atoms with Crippen LogP contribution in [0, 0.1) is 17.8 Å². The van der Waals surface area contributed by atoms with Crippen molar-refractivity contribution in [3.8, 4) is 33.4 Å². The molecule has 0 aromatic heterocycles. The predicted molar refractivity (Wildman–Crippen MR) is 411 cm³/mol. The van der Waals surface area contributed by atoms with Gasteiger partial charge in [-0.1, -0.05) is 165 Å². The molecule has 3 fully saturated rings. The summed E-state index contributed by atoms with van der Waals surface area (Å²) >= 11 is 20.3. The van der Waals surface area contributed by atoms with Gasteiger partial charge in [-0.25, -0.2) is 9.59 Å². The molecule has 0 spiro atoms. The minimum Gasteiger partial charge on any atom is -0.444 e.